The third-order valence-corrected chi connectivity index (χ3v) is 15.5. The second kappa shape index (κ2) is 9.88. The zero-order valence-electron chi connectivity index (χ0n) is 18.4. The summed E-state index contributed by atoms with van der Waals surface area (Å²) in [5, 5.41) is 0. The van der Waals surface area contributed by atoms with E-state index in [1.165, 1.54) is 57.8 Å². The van der Waals surface area contributed by atoms with E-state index >= 15 is 0 Å². The van der Waals surface area contributed by atoms with Crippen molar-refractivity contribution < 1.29 is 21.4 Å². The molecule has 0 bridgehead atoms. The van der Waals surface area contributed by atoms with Crippen LogP contribution in [0, 0.1) is 0 Å². The van der Waals surface area contributed by atoms with Crippen molar-refractivity contribution in [2.75, 3.05) is 0 Å². The molecule has 0 aromatic rings. The van der Waals surface area contributed by atoms with Gasteiger partial charge in [0.2, 0.25) is 0 Å². The standard InChI is InChI=1S/3C9H13.Sc/c3*1-2-3-6-9-7-4-5-8-9;/h3*4-5,7-8H,2-3,6H2,1H3;. The zero-order chi connectivity index (χ0) is 19.9. The van der Waals surface area contributed by atoms with Gasteiger partial charge in [0.05, 0.1) is 0 Å². The van der Waals surface area contributed by atoms with Gasteiger partial charge in [-0.15, -0.1) is 0 Å². The Hall–Kier alpha value is -0.690. The average Bonchev–Trinajstić information content (AvgIpc) is 3.47. The van der Waals surface area contributed by atoms with Gasteiger partial charge in [0, 0.05) is 0 Å². The van der Waals surface area contributed by atoms with Gasteiger partial charge < -0.3 is 0 Å². The number of unbranched alkanes of at least 4 members (excludes halogenated alkanes) is 3. The molecule has 3 aliphatic rings. The van der Waals surface area contributed by atoms with E-state index in [1.807, 2.05) is 0 Å². The summed E-state index contributed by atoms with van der Waals surface area (Å²) in [4.78, 5) is 0. The van der Waals surface area contributed by atoms with Gasteiger partial charge in [0.25, 0.3) is 0 Å². The summed E-state index contributed by atoms with van der Waals surface area (Å²) in [6, 6.07) is 0. The molecule has 0 radical (unpaired) electrons. The second-order valence-corrected chi connectivity index (χ2v) is 15.6. The van der Waals surface area contributed by atoms with Crippen LogP contribution in [0.5, 0.6) is 0 Å². The SMILES string of the molecule is CCCC[C]1([Sc]([C]2(CCCC)C=CC=C2)[C]2(CCCC)C=CC=C2)C=CC=C1. The van der Waals surface area contributed by atoms with E-state index in [9.17, 15) is 0 Å². The van der Waals surface area contributed by atoms with E-state index in [4.69, 9.17) is 0 Å². The van der Waals surface area contributed by atoms with E-state index in [1.54, 1.807) is 0 Å². The fourth-order valence-electron chi connectivity index (χ4n) is 6.04. The summed E-state index contributed by atoms with van der Waals surface area (Å²) in [5.74, 6) is 0. The van der Waals surface area contributed by atoms with Gasteiger partial charge in [-0.05, 0) is 0 Å². The predicted octanol–water partition coefficient (Wildman–Crippen LogP) is 9.03. The van der Waals surface area contributed by atoms with Crippen molar-refractivity contribution in [2.45, 2.75) is 88.1 Å². The maximum atomic E-state index is 2.63. The van der Waals surface area contributed by atoms with Crippen LogP contribution >= 0.6 is 0 Å². The van der Waals surface area contributed by atoms with E-state index in [0.717, 1.165) is 0 Å². The number of hydrogen-bond donors (Lipinski definition) is 0. The van der Waals surface area contributed by atoms with E-state index in [0.29, 0.717) is 9.51 Å². The van der Waals surface area contributed by atoms with Gasteiger partial charge in [0.15, 0.2) is 0 Å². The van der Waals surface area contributed by atoms with E-state index in [2.05, 4.69) is 93.7 Å². The Morgan fingerprint density at radius 2 is 0.714 bits per heavy atom. The summed E-state index contributed by atoms with van der Waals surface area (Å²) < 4.78 is 1.01. The first kappa shape index (κ1) is 22.0. The van der Waals surface area contributed by atoms with Crippen LogP contribution < -0.4 is 0 Å². The molecule has 28 heavy (non-hydrogen) atoms. The summed E-state index contributed by atoms with van der Waals surface area (Å²) in [6.07, 6.45) is 41.9. The maximum absolute atomic E-state index is 2.63. The van der Waals surface area contributed by atoms with Gasteiger partial charge in [0.1, 0.15) is 0 Å². The summed E-state index contributed by atoms with van der Waals surface area (Å²) in [5.41, 5.74) is 0. The van der Waals surface area contributed by atoms with Crippen LogP contribution in [-0.2, 0) is 21.4 Å². The van der Waals surface area contributed by atoms with Crippen molar-refractivity contribution in [1.29, 1.82) is 0 Å². The van der Waals surface area contributed by atoms with Crippen LogP contribution in [0.25, 0.3) is 0 Å². The summed E-state index contributed by atoms with van der Waals surface area (Å²) >= 11 is -2.10. The normalized spacial score (nSPS) is 22.0. The van der Waals surface area contributed by atoms with Crippen molar-refractivity contribution in [3.05, 3.63) is 72.9 Å². The minimum atomic E-state index is -2.10. The van der Waals surface area contributed by atoms with Gasteiger partial charge in [-0.1, -0.05) is 0 Å². The molecular weight excluding hydrogens is 369 g/mol. The van der Waals surface area contributed by atoms with Crippen molar-refractivity contribution in [1.82, 2.24) is 0 Å². The van der Waals surface area contributed by atoms with Crippen molar-refractivity contribution in [3.8, 4) is 0 Å². The Balaban J connectivity index is 2.13. The molecule has 0 fully saturated rings. The number of allylic oxidation sites excluding steroid dienone is 12. The fourth-order valence-corrected chi connectivity index (χ4v) is 15.9. The predicted molar refractivity (Wildman–Crippen MR) is 121 cm³/mol. The molecule has 0 unspecified atom stereocenters. The monoisotopic (exact) mass is 408 g/mol. The molecule has 3 rings (SSSR count). The molecule has 0 atom stereocenters. The van der Waals surface area contributed by atoms with Crippen molar-refractivity contribution in [3.63, 3.8) is 0 Å². The molecule has 0 N–H and O–H groups in total. The first-order valence-corrected chi connectivity index (χ1v) is 14.5. The molecule has 0 aromatic heterocycles. The first-order chi connectivity index (χ1) is 13.7. The molecule has 0 spiro atoms. The van der Waals surface area contributed by atoms with Crippen LogP contribution in [0.3, 0.4) is 0 Å². The Bertz CT molecular complexity index is 554. The zero-order valence-corrected chi connectivity index (χ0v) is 20.2. The molecule has 0 saturated heterocycles. The Kier molecular flexibility index (Phi) is 7.76. The minimum absolute atomic E-state index is 0.336. The molecule has 150 valence electrons. The third-order valence-electron chi connectivity index (χ3n) is 7.27. The van der Waals surface area contributed by atoms with Gasteiger partial charge in [-0.3, -0.25) is 0 Å². The van der Waals surface area contributed by atoms with Crippen molar-refractivity contribution in [2.24, 2.45) is 0 Å². The topological polar surface area (TPSA) is 0 Å². The van der Waals surface area contributed by atoms with Gasteiger partial charge >= 0.3 is 182 Å². The fraction of sp³-hybridized carbons (Fsp3) is 0.556. The molecule has 0 saturated carbocycles. The second-order valence-electron chi connectivity index (χ2n) is 9.24. The average molecular weight is 409 g/mol. The van der Waals surface area contributed by atoms with Crippen LogP contribution in [0.2, 0.25) is 9.51 Å². The molecule has 3 aliphatic carbocycles. The molecule has 0 aromatic carbocycles. The van der Waals surface area contributed by atoms with Crippen LogP contribution in [0.1, 0.15) is 78.6 Å². The third kappa shape index (κ3) is 4.25. The quantitative estimate of drug-likeness (QED) is 0.302. The molecule has 0 heterocycles. The Morgan fingerprint density at radius 1 is 0.464 bits per heavy atom. The van der Waals surface area contributed by atoms with Gasteiger partial charge in [-0.2, -0.15) is 0 Å². The molecule has 0 amide bonds. The van der Waals surface area contributed by atoms with Crippen LogP contribution in [-0.4, -0.2) is 0 Å². The van der Waals surface area contributed by atoms with Gasteiger partial charge in [-0.25, -0.2) is 0 Å². The van der Waals surface area contributed by atoms with E-state index in [-0.39, 0.29) is 0 Å². The molecule has 1 heteroatoms. The number of rotatable bonds is 12. The Morgan fingerprint density at radius 3 is 0.929 bits per heavy atom. The van der Waals surface area contributed by atoms with Crippen molar-refractivity contribution >= 4 is 0 Å². The molecule has 0 nitrogen and oxygen atoms in total. The molecule has 0 aliphatic heterocycles. The van der Waals surface area contributed by atoms with E-state index < -0.39 is 21.4 Å². The van der Waals surface area contributed by atoms with Crippen LogP contribution in [0.15, 0.2) is 72.9 Å². The van der Waals surface area contributed by atoms with Crippen LogP contribution in [0.4, 0.5) is 0 Å². The Labute approximate surface area is 181 Å². The first-order valence-electron chi connectivity index (χ1n) is 11.8. The molecular formula is C27H39Sc. The number of hydrogen-bond acceptors (Lipinski definition) is 0. The summed E-state index contributed by atoms with van der Waals surface area (Å²) in [7, 11) is 0. The summed E-state index contributed by atoms with van der Waals surface area (Å²) in [6.45, 7) is 7.05.